The average Bonchev–Trinajstić information content (AvgIpc) is 3.15. The summed E-state index contributed by atoms with van der Waals surface area (Å²) in [6.07, 6.45) is -1.54. The number of alkyl halides is 3. The van der Waals surface area contributed by atoms with E-state index >= 15 is 0 Å². The van der Waals surface area contributed by atoms with Crippen LogP contribution < -0.4 is 16.1 Å². The minimum absolute atomic E-state index is 0.0363. The summed E-state index contributed by atoms with van der Waals surface area (Å²) in [7, 11) is 0. The lowest BCUT2D eigenvalue weighted by atomic mass is 10.2. The van der Waals surface area contributed by atoms with Crippen LogP contribution in [-0.2, 0) is 6.18 Å². The summed E-state index contributed by atoms with van der Waals surface area (Å²) in [5.74, 6) is 0. The number of benzene rings is 2. The minimum atomic E-state index is -4.62. The van der Waals surface area contributed by atoms with Crippen molar-refractivity contribution >= 4 is 34.1 Å². The molecule has 0 spiro atoms. The highest BCUT2D eigenvalue weighted by molar-refractivity contribution is 6.31. The summed E-state index contributed by atoms with van der Waals surface area (Å²) < 4.78 is 40.7. The van der Waals surface area contributed by atoms with Crippen LogP contribution >= 0.6 is 11.6 Å². The Morgan fingerprint density at radius 1 is 1.00 bits per heavy atom. The number of hydrogen-bond donors (Lipinski definition) is 3. The van der Waals surface area contributed by atoms with Crippen LogP contribution in [0.25, 0.3) is 16.9 Å². The summed E-state index contributed by atoms with van der Waals surface area (Å²) in [5.41, 5.74) is 7.17. The summed E-state index contributed by atoms with van der Waals surface area (Å²) in [4.78, 5) is 12.7. The Morgan fingerprint density at radius 2 is 1.68 bits per heavy atom. The summed E-state index contributed by atoms with van der Waals surface area (Å²) >= 11 is 5.59. The van der Waals surface area contributed by atoms with E-state index in [-0.39, 0.29) is 5.69 Å². The number of fused-ring (bicyclic) bond motifs is 1. The van der Waals surface area contributed by atoms with Crippen LogP contribution in [0.2, 0.25) is 5.02 Å². The molecule has 0 aliphatic carbocycles. The van der Waals surface area contributed by atoms with Crippen molar-refractivity contribution in [3.05, 3.63) is 76.6 Å². The molecule has 160 valence electrons. The summed E-state index contributed by atoms with van der Waals surface area (Å²) in [6, 6.07) is 9.94. The van der Waals surface area contributed by atoms with Crippen molar-refractivity contribution in [2.24, 2.45) is 0 Å². The molecule has 2 aromatic heterocycles. The van der Waals surface area contributed by atoms with E-state index in [2.05, 4.69) is 25.8 Å². The maximum absolute atomic E-state index is 13.0. The molecule has 0 saturated heterocycles. The Morgan fingerprint density at radius 3 is 2.39 bits per heavy atom. The molecule has 4 aromatic rings. The van der Waals surface area contributed by atoms with Gasteiger partial charge in [-0.1, -0.05) is 11.6 Å². The predicted octanol–water partition coefficient (Wildman–Crippen LogP) is 3.53. The number of imidazole rings is 1. The van der Waals surface area contributed by atoms with Crippen LogP contribution in [0.4, 0.5) is 24.5 Å². The molecule has 1 unspecified atom stereocenters. The molecule has 31 heavy (non-hydrogen) atoms. The molecular formula is C19H15ClF3N7O. The van der Waals surface area contributed by atoms with Crippen molar-refractivity contribution in [1.82, 2.24) is 19.5 Å². The molecule has 0 saturated carbocycles. The number of quaternary nitrogens is 1. The first-order valence-corrected chi connectivity index (χ1v) is 9.30. The number of nitrogens with one attached hydrogen (secondary N) is 3. The topological polar surface area (TPSA) is 95.2 Å². The number of rotatable bonds is 5. The zero-order valence-electron chi connectivity index (χ0n) is 15.9. The van der Waals surface area contributed by atoms with Gasteiger partial charge in [0.25, 0.3) is 0 Å². The van der Waals surface area contributed by atoms with Gasteiger partial charge in [0.05, 0.1) is 27.7 Å². The molecular weight excluding hydrogens is 435 g/mol. The highest BCUT2D eigenvalue weighted by Crippen LogP contribution is 2.35. The summed E-state index contributed by atoms with van der Waals surface area (Å²) in [6.45, 7) is 1.84. The van der Waals surface area contributed by atoms with Crippen molar-refractivity contribution < 1.29 is 18.5 Å². The van der Waals surface area contributed by atoms with Crippen LogP contribution in [0.1, 0.15) is 11.3 Å². The van der Waals surface area contributed by atoms with Gasteiger partial charge in [-0.3, -0.25) is 4.57 Å². The second-order valence-corrected chi connectivity index (χ2v) is 6.97. The van der Waals surface area contributed by atoms with Gasteiger partial charge in [-0.05, 0) is 49.4 Å². The van der Waals surface area contributed by atoms with Crippen molar-refractivity contribution in [2.45, 2.75) is 13.1 Å². The molecule has 2 aromatic carbocycles. The fourth-order valence-corrected chi connectivity index (χ4v) is 3.18. The Kier molecular flexibility index (Phi) is 5.39. The SMILES string of the molecule is Cc1ncnc2c1ncn2-c1ccc(N[NH+]([O-])Nc2ccc(Cl)c(C(F)(F)F)c2)cc1. The Balaban J connectivity index is 1.47. The number of halogens is 4. The van der Waals surface area contributed by atoms with E-state index in [4.69, 9.17) is 11.6 Å². The Bertz CT molecular complexity index is 1230. The van der Waals surface area contributed by atoms with E-state index < -0.39 is 22.0 Å². The van der Waals surface area contributed by atoms with Gasteiger partial charge < -0.3 is 5.21 Å². The molecule has 0 fully saturated rings. The summed E-state index contributed by atoms with van der Waals surface area (Å²) in [5, 5.41) is 11.0. The number of anilines is 2. The van der Waals surface area contributed by atoms with E-state index in [9.17, 15) is 18.4 Å². The first-order valence-electron chi connectivity index (χ1n) is 8.92. The lowest BCUT2D eigenvalue weighted by molar-refractivity contribution is -0.799. The van der Waals surface area contributed by atoms with Crippen LogP contribution in [0, 0.1) is 12.1 Å². The molecule has 8 nitrogen and oxygen atoms in total. The van der Waals surface area contributed by atoms with E-state index in [1.807, 2.05) is 6.92 Å². The third-order valence-corrected chi connectivity index (χ3v) is 4.78. The fourth-order valence-electron chi connectivity index (χ4n) is 2.96. The third kappa shape index (κ3) is 4.38. The first kappa shape index (κ1) is 20.8. The molecule has 0 aliphatic heterocycles. The normalized spacial score (nSPS) is 12.7. The molecule has 2 heterocycles. The largest absolute Gasteiger partial charge is 0.582 e. The molecule has 1 atom stereocenters. The highest BCUT2D eigenvalue weighted by Gasteiger charge is 2.33. The minimum Gasteiger partial charge on any atom is -0.582 e. The van der Waals surface area contributed by atoms with Crippen LogP contribution in [-0.4, -0.2) is 19.5 Å². The van der Waals surface area contributed by atoms with E-state index in [1.165, 1.54) is 12.4 Å². The third-order valence-electron chi connectivity index (χ3n) is 4.45. The van der Waals surface area contributed by atoms with Gasteiger partial charge in [-0.2, -0.15) is 18.5 Å². The van der Waals surface area contributed by atoms with Crippen molar-refractivity contribution in [3.63, 3.8) is 0 Å². The zero-order chi connectivity index (χ0) is 22.2. The van der Waals surface area contributed by atoms with E-state index in [0.29, 0.717) is 16.9 Å². The average molecular weight is 450 g/mol. The fraction of sp³-hybridized carbons (Fsp3) is 0.105. The number of hydrogen-bond acceptors (Lipinski definition) is 6. The van der Waals surface area contributed by atoms with Gasteiger partial charge >= 0.3 is 6.18 Å². The lowest BCUT2D eigenvalue weighted by Gasteiger charge is -2.24. The van der Waals surface area contributed by atoms with Gasteiger partial charge in [0.1, 0.15) is 18.2 Å². The molecule has 0 radical (unpaired) electrons. The van der Waals surface area contributed by atoms with E-state index in [1.54, 1.807) is 35.2 Å². The van der Waals surface area contributed by atoms with Crippen LogP contribution in [0.5, 0.6) is 0 Å². The van der Waals surface area contributed by atoms with Gasteiger partial charge in [0.2, 0.25) is 0 Å². The molecule has 4 rings (SSSR count). The van der Waals surface area contributed by atoms with Gasteiger partial charge in [-0.25, -0.2) is 25.8 Å². The Labute approximate surface area is 178 Å². The lowest BCUT2D eigenvalue weighted by Crippen LogP contribution is -3.13. The molecule has 0 bridgehead atoms. The maximum Gasteiger partial charge on any atom is 0.417 e. The van der Waals surface area contributed by atoms with Crippen LogP contribution in [0.3, 0.4) is 0 Å². The Hall–Kier alpha value is -3.41. The smallest absolute Gasteiger partial charge is 0.417 e. The second-order valence-electron chi connectivity index (χ2n) is 6.56. The van der Waals surface area contributed by atoms with Gasteiger partial charge in [-0.15, -0.1) is 0 Å². The van der Waals surface area contributed by atoms with Crippen molar-refractivity contribution in [3.8, 4) is 5.69 Å². The molecule has 0 aliphatic rings. The van der Waals surface area contributed by atoms with Gasteiger partial charge in [0.15, 0.2) is 5.65 Å². The maximum atomic E-state index is 13.0. The standard InChI is InChI=1S/C19H15ClF3N7O/c1-11-17-18(25-9-24-11)29(10-26-17)14-5-2-12(3-6-14)27-30(31)28-13-4-7-16(20)15(8-13)19(21,22)23/h2-10,27-28,30H,1H3. The van der Waals surface area contributed by atoms with E-state index in [0.717, 1.165) is 23.5 Å². The highest BCUT2D eigenvalue weighted by atomic mass is 35.5. The second kappa shape index (κ2) is 8.02. The predicted molar refractivity (Wildman–Crippen MR) is 109 cm³/mol. The molecule has 0 amide bonds. The quantitative estimate of drug-likeness (QED) is 0.403. The molecule has 3 N–H and O–H groups in total. The zero-order valence-corrected chi connectivity index (χ0v) is 16.7. The van der Waals surface area contributed by atoms with Crippen molar-refractivity contribution in [1.29, 1.82) is 0 Å². The number of aryl methyl sites for hydroxylation is 1. The monoisotopic (exact) mass is 449 g/mol. The molecule has 12 heteroatoms. The van der Waals surface area contributed by atoms with Crippen molar-refractivity contribution in [2.75, 3.05) is 10.9 Å². The number of nitrogens with zero attached hydrogens (tertiary/aromatic N) is 4. The van der Waals surface area contributed by atoms with Gasteiger partial charge in [0, 0.05) is 5.69 Å². The first-order chi connectivity index (χ1) is 14.7. The number of aromatic nitrogens is 4. The van der Waals surface area contributed by atoms with Crippen LogP contribution in [0.15, 0.2) is 55.1 Å².